The monoisotopic (exact) mass is 438 g/mol. The number of aryl methyl sites for hydroxylation is 1. The van der Waals surface area contributed by atoms with Crippen LogP contribution in [0.4, 0.5) is 11.5 Å². The van der Waals surface area contributed by atoms with Crippen LogP contribution in [0.1, 0.15) is 16.1 Å². The Hall–Kier alpha value is -2.72. The molecule has 3 aromatic rings. The van der Waals surface area contributed by atoms with Crippen LogP contribution in [0.25, 0.3) is 0 Å². The lowest BCUT2D eigenvalue weighted by atomic mass is 10.2. The van der Waals surface area contributed by atoms with E-state index in [1.807, 2.05) is 18.2 Å². The summed E-state index contributed by atoms with van der Waals surface area (Å²) in [6, 6.07) is 7.34. The van der Waals surface area contributed by atoms with E-state index in [4.69, 9.17) is 11.6 Å². The molecule has 2 aromatic heterocycles. The van der Waals surface area contributed by atoms with Gasteiger partial charge in [0.1, 0.15) is 6.20 Å². The van der Waals surface area contributed by atoms with Gasteiger partial charge in [0, 0.05) is 18.3 Å². The number of anilines is 1. The highest BCUT2D eigenvalue weighted by Gasteiger charge is 2.26. The summed E-state index contributed by atoms with van der Waals surface area (Å²) < 4.78 is 3.32. The van der Waals surface area contributed by atoms with Gasteiger partial charge in [-0.2, -0.15) is 10.2 Å². The number of hydrogen-bond donors (Lipinski definition) is 1. The maximum atomic E-state index is 12.3. The molecule has 26 heavy (non-hydrogen) atoms. The highest BCUT2D eigenvalue weighted by atomic mass is 79.9. The van der Waals surface area contributed by atoms with Crippen molar-refractivity contribution >= 4 is 44.9 Å². The first-order chi connectivity index (χ1) is 12.3. The Morgan fingerprint density at radius 2 is 2.08 bits per heavy atom. The van der Waals surface area contributed by atoms with Crippen LogP contribution in [0, 0.1) is 10.1 Å². The maximum Gasteiger partial charge on any atom is 0.320 e. The summed E-state index contributed by atoms with van der Waals surface area (Å²) in [7, 11) is 1.50. The molecule has 2 heterocycles. The Balaban J connectivity index is 1.81. The zero-order valence-corrected chi connectivity index (χ0v) is 15.7. The van der Waals surface area contributed by atoms with Gasteiger partial charge >= 0.3 is 5.69 Å². The molecule has 9 nitrogen and oxygen atoms in total. The second-order valence-electron chi connectivity index (χ2n) is 5.36. The van der Waals surface area contributed by atoms with Gasteiger partial charge in [-0.1, -0.05) is 29.8 Å². The predicted octanol–water partition coefficient (Wildman–Crippen LogP) is 3.24. The minimum absolute atomic E-state index is 0.224. The van der Waals surface area contributed by atoms with Crippen LogP contribution in [0.15, 0.2) is 41.1 Å². The normalized spacial score (nSPS) is 10.7. The van der Waals surface area contributed by atoms with Crippen LogP contribution in [0.5, 0.6) is 0 Å². The third-order valence-corrected chi connectivity index (χ3v) is 4.41. The van der Waals surface area contributed by atoms with Crippen LogP contribution in [-0.2, 0) is 13.6 Å². The smallest absolute Gasteiger partial charge is 0.302 e. The number of carbonyl (C=O) groups excluding carboxylic acids is 1. The Bertz CT molecular complexity index is 999. The number of hydrogen-bond acceptors (Lipinski definition) is 5. The number of benzene rings is 1. The number of amides is 1. The van der Waals surface area contributed by atoms with E-state index >= 15 is 0 Å². The van der Waals surface area contributed by atoms with Crippen molar-refractivity contribution in [2.24, 2.45) is 7.05 Å². The number of rotatable bonds is 5. The molecule has 0 aliphatic rings. The van der Waals surface area contributed by atoms with E-state index in [1.54, 1.807) is 16.9 Å². The molecule has 0 atom stereocenters. The lowest BCUT2D eigenvalue weighted by molar-refractivity contribution is -0.385. The van der Waals surface area contributed by atoms with Crippen molar-refractivity contribution in [3.8, 4) is 0 Å². The lowest BCUT2D eigenvalue weighted by Gasteiger charge is -2.04. The average molecular weight is 440 g/mol. The summed E-state index contributed by atoms with van der Waals surface area (Å²) in [4.78, 5) is 22.7. The number of nitrogens with zero attached hydrogens (tertiary/aromatic N) is 5. The van der Waals surface area contributed by atoms with Gasteiger partial charge in [-0.3, -0.25) is 24.3 Å². The first-order valence-corrected chi connectivity index (χ1v) is 8.48. The van der Waals surface area contributed by atoms with Crippen molar-refractivity contribution in [2.75, 3.05) is 5.32 Å². The van der Waals surface area contributed by atoms with Gasteiger partial charge in [0.25, 0.3) is 5.91 Å². The van der Waals surface area contributed by atoms with E-state index in [0.717, 1.165) is 5.56 Å². The van der Waals surface area contributed by atoms with Gasteiger partial charge in [-0.15, -0.1) is 0 Å². The van der Waals surface area contributed by atoms with E-state index < -0.39 is 10.8 Å². The summed E-state index contributed by atoms with van der Waals surface area (Å²) >= 11 is 9.45. The van der Waals surface area contributed by atoms with Crippen LogP contribution in [-0.4, -0.2) is 30.4 Å². The summed E-state index contributed by atoms with van der Waals surface area (Å²) in [6.45, 7) is 0.401. The van der Waals surface area contributed by atoms with E-state index in [2.05, 4.69) is 31.4 Å². The third kappa shape index (κ3) is 3.75. The number of nitro groups is 1. The standard InChI is InChI=1S/C15H12BrClN6O3/c1-21-8-12(23(25)26)13(19-21)15(24)18-14-10(16)7-22(20-14)6-9-4-2-3-5-11(9)17/h2-5,7-8H,6H2,1H3,(H,18,20,24). The highest BCUT2D eigenvalue weighted by molar-refractivity contribution is 9.10. The fourth-order valence-corrected chi connectivity index (χ4v) is 2.91. The Kier molecular flexibility index (Phi) is 5.05. The van der Waals surface area contributed by atoms with Gasteiger partial charge in [-0.25, -0.2) is 0 Å². The Labute approximate surface area is 160 Å². The largest absolute Gasteiger partial charge is 0.320 e. The second kappa shape index (κ2) is 7.26. The van der Waals surface area contributed by atoms with Crippen molar-refractivity contribution in [1.29, 1.82) is 0 Å². The molecule has 0 saturated carbocycles. The summed E-state index contributed by atoms with van der Waals surface area (Å²) in [5.74, 6) is -0.497. The maximum absolute atomic E-state index is 12.3. The van der Waals surface area contributed by atoms with Crippen molar-refractivity contribution in [1.82, 2.24) is 19.6 Å². The average Bonchev–Trinajstić information content (AvgIpc) is 3.13. The lowest BCUT2D eigenvalue weighted by Crippen LogP contribution is -2.15. The first-order valence-electron chi connectivity index (χ1n) is 7.31. The van der Waals surface area contributed by atoms with Gasteiger partial charge in [-0.05, 0) is 27.6 Å². The summed E-state index contributed by atoms with van der Waals surface area (Å²) in [5.41, 5.74) is 0.198. The SMILES string of the molecule is Cn1cc([N+](=O)[O-])c(C(=O)Nc2nn(Cc3ccccc3Cl)cc2Br)n1. The molecule has 1 aromatic carbocycles. The summed E-state index contributed by atoms with van der Waals surface area (Å²) in [6.07, 6.45) is 2.84. The number of aromatic nitrogens is 4. The number of carbonyl (C=O) groups is 1. The third-order valence-electron chi connectivity index (χ3n) is 3.46. The van der Waals surface area contributed by atoms with E-state index in [-0.39, 0.29) is 17.2 Å². The molecule has 0 aliphatic carbocycles. The molecular formula is C15H12BrClN6O3. The molecular weight excluding hydrogens is 428 g/mol. The van der Waals surface area contributed by atoms with Crippen molar-refractivity contribution in [3.63, 3.8) is 0 Å². The molecule has 0 spiro atoms. The van der Waals surface area contributed by atoms with Gasteiger partial charge in [0.05, 0.1) is 15.9 Å². The van der Waals surface area contributed by atoms with E-state index in [1.165, 1.54) is 17.9 Å². The highest BCUT2D eigenvalue weighted by Crippen LogP contribution is 2.24. The fourth-order valence-electron chi connectivity index (χ4n) is 2.30. The molecule has 134 valence electrons. The fraction of sp³-hybridized carbons (Fsp3) is 0.133. The molecule has 1 amide bonds. The van der Waals surface area contributed by atoms with Crippen molar-refractivity contribution < 1.29 is 9.72 Å². The first kappa shape index (κ1) is 18.1. The minimum Gasteiger partial charge on any atom is -0.302 e. The molecule has 0 bridgehead atoms. The van der Waals surface area contributed by atoms with Gasteiger partial charge in [0.2, 0.25) is 5.69 Å². The van der Waals surface area contributed by atoms with Crippen LogP contribution < -0.4 is 5.32 Å². The van der Waals surface area contributed by atoms with Crippen LogP contribution >= 0.6 is 27.5 Å². The quantitative estimate of drug-likeness (QED) is 0.485. The van der Waals surface area contributed by atoms with Crippen molar-refractivity contribution in [2.45, 2.75) is 6.54 Å². The minimum atomic E-state index is -0.721. The molecule has 0 radical (unpaired) electrons. The zero-order chi connectivity index (χ0) is 18.8. The molecule has 1 N–H and O–H groups in total. The van der Waals surface area contributed by atoms with Crippen LogP contribution in [0.2, 0.25) is 5.02 Å². The van der Waals surface area contributed by atoms with Gasteiger partial charge < -0.3 is 5.32 Å². The molecule has 3 rings (SSSR count). The van der Waals surface area contributed by atoms with Gasteiger partial charge in [0.15, 0.2) is 5.82 Å². The molecule has 0 aliphatic heterocycles. The summed E-state index contributed by atoms with van der Waals surface area (Å²) in [5, 5.41) is 22.3. The Morgan fingerprint density at radius 3 is 2.77 bits per heavy atom. The van der Waals surface area contributed by atoms with Crippen LogP contribution in [0.3, 0.4) is 0 Å². The Morgan fingerprint density at radius 1 is 1.35 bits per heavy atom. The molecule has 0 unspecified atom stereocenters. The van der Waals surface area contributed by atoms with Crippen molar-refractivity contribution in [3.05, 3.63) is 67.5 Å². The number of halogens is 2. The number of nitrogens with one attached hydrogen (secondary N) is 1. The topological polar surface area (TPSA) is 108 Å². The molecule has 0 fully saturated rings. The zero-order valence-electron chi connectivity index (χ0n) is 13.4. The second-order valence-corrected chi connectivity index (χ2v) is 6.62. The van der Waals surface area contributed by atoms with E-state index in [9.17, 15) is 14.9 Å². The predicted molar refractivity (Wildman–Crippen MR) is 98.3 cm³/mol. The molecule has 11 heteroatoms. The molecule has 0 saturated heterocycles. The van der Waals surface area contributed by atoms with E-state index in [0.29, 0.717) is 16.0 Å².